The average Bonchev–Trinajstić information content (AvgIpc) is 2.19. The maximum absolute atomic E-state index is 5.36. The highest BCUT2D eigenvalue weighted by Gasteiger charge is 2.11. The van der Waals surface area contributed by atoms with Crippen LogP contribution in [0.15, 0.2) is 24.4 Å². The molecule has 0 aliphatic rings. The highest BCUT2D eigenvalue weighted by Crippen LogP contribution is 1.99. The van der Waals surface area contributed by atoms with Crippen LogP contribution in [0.1, 0.15) is 19.5 Å². The molecule has 74 valence electrons. The van der Waals surface area contributed by atoms with Crippen molar-refractivity contribution in [2.45, 2.75) is 25.8 Å². The summed E-state index contributed by atoms with van der Waals surface area (Å²) < 4.78 is 0. The summed E-state index contributed by atoms with van der Waals surface area (Å²) >= 11 is 0. The molecular weight excluding hydrogens is 172 g/mol. The van der Waals surface area contributed by atoms with Crippen molar-refractivity contribution in [2.75, 3.05) is 6.54 Å². The van der Waals surface area contributed by atoms with Gasteiger partial charge in [0.15, 0.2) is 0 Å². The SMILES string of the molecule is C#CC(C)(C)NCCc1ccccn1. The van der Waals surface area contributed by atoms with Gasteiger partial charge in [0.2, 0.25) is 0 Å². The molecule has 0 aliphatic carbocycles. The molecule has 2 nitrogen and oxygen atoms in total. The normalized spacial score (nSPS) is 10.9. The summed E-state index contributed by atoms with van der Waals surface area (Å²) in [6.45, 7) is 4.84. The molecule has 1 rings (SSSR count). The van der Waals surface area contributed by atoms with Crippen molar-refractivity contribution in [2.24, 2.45) is 0 Å². The molecule has 0 aromatic carbocycles. The Morgan fingerprint density at radius 1 is 1.50 bits per heavy atom. The Labute approximate surface area is 85.8 Å². The van der Waals surface area contributed by atoms with Gasteiger partial charge in [-0.15, -0.1) is 6.42 Å². The van der Waals surface area contributed by atoms with Crippen LogP contribution in [0.3, 0.4) is 0 Å². The lowest BCUT2D eigenvalue weighted by atomic mass is 10.1. The lowest BCUT2D eigenvalue weighted by Gasteiger charge is -2.19. The lowest BCUT2D eigenvalue weighted by molar-refractivity contribution is 0.494. The van der Waals surface area contributed by atoms with E-state index in [4.69, 9.17) is 6.42 Å². The van der Waals surface area contributed by atoms with Crippen LogP contribution in [0.25, 0.3) is 0 Å². The monoisotopic (exact) mass is 188 g/mol. The highest BCUT2D eigenvalue weighted by molar-refractivity contribution is 5.08. The Bertz CT molecular complexity index is 309. The van der Waals surface area contributed by atoms with Crippen molar-refractivity contribution in [3.05, 3.63) is 30.1 Å². The average molecular weight is 188 g/mol. The minimum absolute atomic E-state index is 0.227. The van der Waals surface area contributed by atoms with E-state index < -0.39 is 0 Å². The quantitative estimate of drug-likeness (QED) is 0.726. The molecule has 1 heterocycles. The van der Waals surface area contributed by atoms with Gasteiger partial charge >= 0.3 is 0 Å². The summed E-state index contributed by atoms with van der Waals surface area (Å²) in [5.74, 6) is 2.70. The van der Waals surface area contributed by atoms with Crippen LogP contribution in [-0.4, -0.2) is 17.1 Å². The topological polar surface area (TPSA) is 24.9 Å². The summed E-state index contributed by atoms with van der Waals surface area (Å²) in [5, 5.41) is 3.28. The number of pyridine rings is 1. The van der Waals surface area contributed by atoms with Gasteiger partial charge in [0.25, 0.3) is 0 Å². The molecule has 0 spiro atoms. The number of nitrogens with zero attached hydrogens (tertiary/aromatic N) is 1. The molecule has 0 saturated heterocycles. The fraction of sp³-hybridized carbons (Fsp3) is 0.417. The fourth-order valence-corrected chi connectivity index (χ4v) is 1.10. The van der Waals surface area contributed by atoms with Gasteiger partial charge in [-0.3, -0.25) is 4.98 Å². The van der Waals surface area contributed by atoms with Gasteiger partial charge in [-0.25, -0.2) is 0 Å². The summed E-state index contributed by atoms with van der Waals surface area (Å²) in [5.41, 5.74) is 0.863. The number of hydrogen-bond acceptors (Lipinski definition) is 2. The van der Waals surface area contributed by atoms with Gasteiger partial charge < -0.3 is 5.32 Å². The van der Waals surface area contributed by atoms with Crippen molar-refractivity contribution in [1.82, 2.24) is 10.3 Å². The molecule has 0 radical (unpaired) electrons. The van der Waals surface area contributed by atoms with Crippen LogP contribution in [-0.2, 0) is 6.42 Å². The van der Waals surface area contributed by atoms with E-state index in [1.807, 2.05) is 38.2 Å². The molecule has 0 unspecified atom stereocenters. The van der Waals surface area contributed by atoms with Gasteiger partial charge in [-0.2, -0.15) is 0 Å². The van der Waals surface area contributed by atoms with Crippen LogP contribution in [0.4, 0.5) is 0 Å². The maximum Gasteiger partial charge on any atom is 0.0741 e. The van der Waals surface area contributed by atoms with Crippen LogP contribution in [0.5, 0.6) is 0 Å². The zero-order valence-electron chi connectivity index (χ0n) is 8.75. The first-order valence-electron chi connectivity index (χ1n) is 4.77. The van der Waals surface area contributed by atoms with Gasteiger partial charge in [0.05, 0.1) is 5.54 Å². The first-order valence-corrected chi connectivity index (χ1v) is 4.77. The molecular formula is C12H16N2. The van der Waals surface area contributed by atoms with Gasteiger partial charge in [0, 0.05) is 24.9 Å². The molecule has 1 aromatic rings. The third-order valence-corrected chi connectivity index (χ3v) is 2.04. The second-order valence-corrected chi connectivity index (χ2v) is 3.77. The maximum atomic E-state index is 5.36. The Morgan fingerprint density at radius 2 is 2.29 bits per heavy atom. The molecule has 1 N–H and O–H groups in total. The van der Waals surface area contributed by atoms with E-state index in [1.54, 1.807) is 0 Å². The van der Waals surface area contributed by atoms with E-state index in [2.05, 4.69) is 16.2 Å². The number of terminal acetylenes is 1. The fourth-order valence-electron chi connectivity index (χ4n) is 1.10. The van der Waals surface area contributed by atoms with Gasteiger partial charge in [-0.1, -0.05) is 12.0 Å². The van der Waals surface area contributed by atoms with Crippen LogP contribution >= 0.6 is 0 Å². The van der Waals surface area contributed by atoms with Crippen molar-refractivity contribution >= 4 is 0 Å². The van der Waals surface area contributed by atoms with E-state index in [-0.39, 0.29) is 5.54 Å². The molecule has 0 fully saturated rings. The molecule has 0 amide bonds. The molecule has 0 atom stereocenters. The second-order valence-electron chi connectivity index (χ2n) is 3.77. The van der Waals surface area contributed by atoms with Crippen LogP contribution in [0.2, 0.25) is 0 Å². The zero-order valence-corrected chi connectivity index (χ0v) is 8.75. The number of nitrogens with one attached hydrogen (secondary N) is 1. The number of hydrogen-bond donors (Lipinski definition) is 1. The third kappa shape index (κ3) is 3.59. The lowest BCUT2D eigenvalue weighted by Crippen LogP contribution is -2.38. The largest absolute Gasteiger partial charge is 0.301 e. The smallest absolute Gasteiger partial charge is 0.0741 e. The van der Waals surface area contributed by atoms with E-state index >= 15 is 0 Å². The van der Waals surface area contributed by atoms with Gasteiger partial charge in [0.1, 0.15) is 0 Å². The van der Waals surface area contributed by atoms with Crippen molar-refractivity contribution in [3.63, 3.8) is 0 Å². The minimum Gasteiger partial charge on any atom is -0.301 e. The van der Waals surface area contributed by atoms with Crippen molar-refractivity contribution in [1.29, 1.82) is 0 Å². The standard InChI is InChI=1S/C12H16N2/c1-4-12(2,3)14-10-8-11-7-5-6-9-13-11/h1,5-7,9,14H,8,10H2,2-3H3. The molecule has 0 aliphatic heterocycles. The third-order valence-electron chi connectivity index (χ3n) is 2.04. The molecule has 1 aromatic heterocycles. The Kier molecular flexibility index (Phi) is 3.67. The predicted molar refractivity (Wildman–Crippen MR) is 58.9 cm³/mol. The summed E-state index contributed by atoms with van der Waals surface area (Å²) in [7, 11) is 0. The van der Waals surface area contributed by atoms with Crippen LogP contribution < -0.4 is 5.32 Å². The number of aromatic nitrogens is 1. The van der Waals surface area contributed by atoms with E-state index in [1.165, 1.54) is 0 Å². The highest BCUT2D eigenvalue weighted by atomic mass is 14.9. The summed E-state index contributed by atoms with van der Waals surface area (Å²) in [6.07, 6.45) is 8.07. The minimum atomic E-state index is -0.227. The summed E-state index contributed by atoms with van der Waals surface area (Å²) in [6, 6.07) is 5.93. The second kappa shape index (κ2) is 4.78. The Morgan fingerprint density at radius 3 is 2.86 bits per heavy atom. The summed E-state index contributed by atoms with van der Waals surface area (Å²) in [4.78, 5) is 4.23. The van der Waals surface area contributed by atoms with Crippen molar-refractivity contribution < 1.29 is 0 Å². The van der Waals surface area contributed by atoms with E-state index in [0.717, 1.165) is 18.7 Å². The molecule has 0 saturated carbocycles. The molecule has 2 heteroatoms. The number of rotatable bonds is 4. The Balaban J connectivity index is 2.34. The zero-order chi connectivity index (χ0) is 10.4. The van der Waals surface area contributed by atoms with E-state index in [9.17, 15) is 0 Å². The van der Waals surface area contributed by atoms with E-state index in [0.29, 0.717) is 0 Å². The van der Waals surface area contributed by atoms with Crippen molar-refractivity contribution in [3.8, 4) is 12.3 Å². The van der Waals surface area contributed by atoms with Gasteiger partial charge in [-0.05, 0) is 26.0 Å². The Hall–Kier alpha value is -1.33. The first kappa shape index (κ1) is 10.7. The molecule has 14 heavy (non-hydrogen) atoms. The molecule has 0 bridgehead atoms. The van der Waals surface area contributed by atoms with Crippen LogP contribution in [0, 0.1) is 12.3 Å². The predicted octanol–water partition coefficient (Wildman–Crippen LogP) is 1.63. The first-order chi connectivity index (χ1) is 6.64.